The molecular formula is C32H33NO2. The van der Waals surface area contributed by atoms with E-state index in [0.717, 1.165) is 33.6 Å². The zero-order chi connectivity index (χ0) is 24.7. The molecule has 2 unspecified atom stereocenters. The number of rotatable bonds is 4. The molecule has 3 aromatic rings. The summed E-state index contributed by atoms with van der Waals surface area (Å²) < 4.78 is 0. The fraction of sp³-hybridized carbons (Fsp3) is 0.312. The molecule has 0 bridgehead atoms. The summed E-state index contributed by atoms with van der Waals surface area (Å²) in [6.07, 6.45) is 1.48. The van der Waals surface area contributed by atoms with Crippen molar-refractivity contribution >= 4 is 17.4 Å². The minimum atomic E-state index is -0.189. The Morgan fingerprint density at radius 1 is 0.771 bits per heavy atom. The van der Waals surface area contributed by atoms with Crippen LogP contribution >= 0.6 is 0 Å². The first-order valence-electron chi connectivity index (χ1n) is 12.6. The molecule has 3 heteroatoms. The van der Waals surface area contributed by atoms with Crippen molar-refractivity contribution < 1.29 is 9.59 Å². The van der Waals surface area contributed by atoms with Crippen molar-refractivity contribution in [3.8, 4) is 0 Å². The van der Waals surface area contributed by atoms with Crippen LogP contribution in [0, 0.1) is 13.8 Å². The van der Waals surface area contributed by atoms with E-state index < -0.39 is 0 Å². The number of aryl methyl sites for hydroxylation is 2. The average molecular weight is 464 g/mol. The molecule has 1 heterocycles. The SMILES string of the molecule is Cc1ccc(N2C(=O)CC(c3ccc(C(C)C)cc3)C3=C2CC(c2ccccc2)CC3=O)cc1C. The fourth-order valence-electron chi connectivity index (χ4n) is 5.56. The van der Waals surface area contributed by atoms with Crippen molar-refractivity contribution in [1.82, 2.24) is 0 Å². The number of amides is 1. The predicted octanol–water partition coefficient (Wildman–Crippen LogP) is 7.35. The Bertz CT molecular complexity index is 1300. The molecule has 35 heavy (non-hydrogen) atoms. The lowest BCUT2D eigenvalue weighted by atomic mass is 9.72. The van der Waals surface area contributed by atoms with Gasteiger partial charge in [0.2, 0.25) is 5.91 Å². The first-order valence-corrected chi connectivity index (χ1v) is 12.6. The molecule has 3 aromatic carbocycles. The quantitative estimate of drug-likeness (QED) is 0.406. The molecule has 0 N–H and O–H groups in total. The lowest BCUT2D eigenvalue weighted by Gasteiger charge is -2.40. The first-order chi connectivity index (χ1) is 16.8. The number of carbonyl (C=O) groups is 2. The number of hydrogen-bond donors (Lipinski definition) is 0. The largest absolute Gasteiger partial charge is 0.294 e. The summed E-state index contributed by atoms with van der Waals surface area (Å²) in [6.45, 7) is 8.50. The summed E-state index contributed by atoms with van der Waals surface area (Å²) in [5, 5.41) is 0. The van der Waals surface area contributed by atoms with E-state index in [9.17, 15) is 9.59 Å². The van der Waals surface area contributed by atoms with Gasteiger partial charge >= 0.3 is 0 Å². The number of nitrogens with zero attached hydrogens (tertiary/aromatic N) is 1. The minimum Gasteiger partial charge on any atom is -0.294 e. The van der Waals surface area contributed by atoms with E-state index in [1.165, 1.54) is 11.1 Å². The van der Waals surface area contributed by atoms with E-state index in [2.05, 4.69) is 76.2 Å². The molecule has 2 aliphatic rings. The van der Waals surface area contributed by atoms with E-state index >= 15 is 0 Å². The Balaban J connectivity index is 1.64. The van der Waals surface area contributed by atoms with Gasteiger partial charge in [-0.3, -0.25) is 14.5 Å². The third-order valence-corrected chi connectivity index (χ3v) is 7.75. The van der Waals surface area contributed by atoms with Gasteiger partial charge in [-0.05, 0) is 72.1 Å². The monoisotopic (exact) mass is 463 g/mol. The molecule has 0 aromatic heterocycles. The Kier molecular flexibility index (Phi) is 6.19. The van der Waals surface area contributed by atoms with Crippen LogP contribution in [0.1, 0.15) is 78.7 Å². The van der Waals surface area contributed by atoms with Crippen LogP contribution in [0.15, 0.2) is 84.1 Å². The Hall–Kier alpha value is -3.46. The second-order valence-electron chi connectivity index (χ2n) is 10.4. The van der Waals surface area contributed by atoms with Crippen LogP contribution in [0.4, 0.5) is 5.69 Å². The molecule has 0 saturated heterocycles. The minimum absolute atomic E-state index is 0.0615. The van der Waals surface area contributed by atoms with Crippen LogP contribution in [0.25, 0.3) is 0 Å². The molecular weight excluding hydrogens is 430 g/mol. The van der Waals surface area contributed by atoms with Crippen LogP contribution in [0.5, 0.6) is 0 Å². The fourth-order valence-corrected chi connectivity index (χ4v) is 5.56. The molecule has 0 saturated carbocycles. The van der Waals surface area contributed by atoms with Gasteiger partial charge in [-0.1, -0.05) is 74.5 Å². The van der Waals surface area contributed by atoms with Crippen LogP contribution in [0.2, 0.25) is 0 Å². The predicted molar refractivity (Wildman–Crippen MR) is 142 cm³/mol. The van der Waals surface area contributed by atoms with E-state index in [-0.39, 0.29) is 23.5 Å². The van der Waals surface area contributed by atoms with Gasteiger partial charge in [-0.2, -0.15) is 0 Å². The molecule has 2 atom stereocenters. The van der Waals surface area contributed by atoms with Crippen molar-refractivity contribution in [2.45, 2.75) is 64.7 Å². The topological polar surface area (TPSA) is 37.4 Å². The third kappa shape index (κ3) is 4.36. The lowest BCUT2D eigenvalue weighted by Crippen LogP contribution is -2.41. The average Bonchev–Trinajstić information content (AvgIpc) is 2.86. The maximum Gasteiger partial charge on any atom is 0.232 e. The summed E-state index contributed by atoms with van der Waals surface area (Å²) in [4.78, 5) is 29.4. The molecule has 1 aliphatic carbocycles. The van der Waals surface area contributed by atoms with Gasteiger partial charge in [0.1, 0.15) is 0 Å². The van der Waals surface area contributed by atoms with Crippen molar-refractivity contribution in [2.24, 2.45) is 0 Å². The number of Topliss-reactive ketones (excluding diaryl/α,β-unsaturated/α-hetero) is 1. The number of hydrogen-bond acceptors (Lipinski definition) is 2. The maximum atomic E-state index is 13.8. The molecule has 0 radical (unpaired) electrons. The Labute approximate surface area is 208 Å². The first kappa shape index (κ1) is 23.3. The van der Waals surface area contributed by atoms with Gasteiger partial charge in [0, 0.05) is 35.7 Å². The van der Waals surface area contributed by atoms with Crippen LogP contribution in [-0.4, -0.2) is 11.7 Å². The van der Waals surface area contributed by atoms with E-state index in [0.29, 0.717) is 25.2 Å². The summed E-state index contributed by atoms with van der Waals surface area (Å²) >= 11 is 0. The molecule has 0 fully saturated rings. The van der Waals surface area contributed by atoms with Gasteiger partial charge in [-0.25, -0.2) is 0 Å². The van der Waals surface area contributed by atoms with Crippen molar-refractivity contribution in [1.29, 1.82) is 0 Å². The molecule has 1 amide bonds. The third-order valence-electron chi connectivity index (χ3n) is 7.75. The van der Waals surface area contributed by atoms with Crippen LogP contribution in [0.3, 0.4) is 0 Å². The van der Waals surface area contributed by atoms with Crippen molar-refractivity contribution in [3.63, 3.8) is 0 Å². The molecule has 1 aliphatic heterocycles. The van der Waals surface area contributed by atoms with Gasteiger partial charge in [0.05, 0.1) is 0 Å². The number of allylic oxidation sites excluding steroid dienone is 2. The zero-order valence-corrected chi connectivity index (χ0v) is 21.0. The smallest absolute Gasteiger partial charge is 0.232 e. The van der Waals surface area contributed by atoms with Crippen molar-refractivity contribution in [2.75, 3.05) is 4.90 Å². The van der Waals surface area contributed by atoms with E-state index in [1.807, 2.05) is 29.2 Å². The standard InChI is InChI=1S/C32H33NO2/c1-20(2)23-11-13-25(14-12-23)28-19-31(35)33(27-15-10-21(3)22(4)16-27)29-17-26(18-30(34)32(28)29)24-8-6-5-7-9-24/h5-16,20,26,28H,17-19H2,1-4H3. The van der Waals surface area contributed by atoms with Gasteiger partial charge in [-0.15, -0.1) is 0 Å². The highest BCUT2D eigenvalue weighted by Gasteiger charge is 2.42. The molecule has 5 rings (SSSR count). The second kappa shape index (κ2) is 9.30. The number of benzene rings is 3. The second-order valence-corrected chi connectivity index (χ2v) is 10.4. The van der Waals surface area contributed by atoms with Crippen LogP contribution in [-0.2, 0) is 9.59 Å². The molecule has 0 spiro atoms. The maximum absolute atomic E-state index is 13.8. The van der Waals surface area contributed by atoms with E-state index in [4.69, 9.17) is 0 Å². The zero-order valence-electron chi connectivity index (χ0n) is 21.0. The van der Waals surface area contributed by atoms with Crippen molar-refractivity contribution in [3.05, 3.63) is 112 Å². The van der Waals surface area contributed by atoms with Gasteiger partial charge in [0.15, 0.2) is 5.78 Å². The summed E-state index contributed by atoms with van der Waals surface area (Å²) in [5.41, 5.74) is 8.38. The Morgan fingerprint density at radius 2 is 1.49 bits per heavy atom. The summed E-state index contributed by atoms with van der Waals surface area (Å²) in [6, 6.07) is 24.9. The highest BCUT2D eigenvalue weighted by Crippen LogP contribution is 2.47. The number of anilines is 1. The van der Waals surface area contributed by atoms with Gasteiger partial charge < -0.3 is 0 Å². The number of ketones is 1. The normalized spacial score (nSPS) is 20.4. The Morgan fingerprint density at radius 3 is 2.14 bits per heavy atom. The number of carbonyl (C=O) groups excluding carboxylic acids is 2. The molecule has 3 nitrogen and oxygen atoms in total. The van der Waals surface area contributed by atoms with E-state index in [1.54, 1.807) is 0 Å². The summed E-state index contributed by atoms with van der Waals surface area (Å²) in [5.74, 6) is 0.554. The van der Waals surface area contributed by atoms with Gasteiger partial charge in [0.25, 0.3) is 0 Å². The lowest BCUT2D eigenvalue weighted by molar-refractivity contribution is -0.120. The highest BCUT2D eigenvalue weighted by atomic mass is 16.2. The summed E-state index contributed by atoms with van der Waals surface area (Å²) in [7, 11) is 0. The molecule has 178 valence electrons. The highest BCUT2D eigenvalue weighted by molar-refractivity contribution is 6.08. The van der Waals surface area contributed by atoms with Crippen LogP contribution < -0.4 is 4.90 Å².